The summed E-state index contributed by atoms with van der Waals surface area (Å²) in [6.45, 7) is 5.42. The third-order valence-corrected chi connectivity index (χ3v) is 3.49. The highest BCUT2D eigenvalue weighted by Crippen LogP contribution is 2.22. The summed E-state index contributed by atoms with van der Waals surface area (Å²) in [4.78, 5) is 22.3. The Bertz CT molecular complexity index is 702. The zero-order valence-electron chi connectivity index (χ0n) is 12.7. The molecule has 1 aromatic carbocycles. The first-order chi connectivity index (χ1) is 10.4. The minimum atomic E-state index is -0.487. The van der Waals surface area contributed by atoms with Crippen LogP contribution in [0.1, 0.15) is 29.0 Å². The molecule has 2 aromatic rings. The lowest BCUT2D eigenvalue weighted by Crippen LogP contribution is -2.13. The first-order valence-electron chi connectivity index (χ1n) is 6.85. The van der Waals surface area contributed by atoms with E-state index in [2.05, 4.69) is 10.5 Å². The van der Waals surface area contributed by atoms with Gasteiger partial charge in [-0.3, -0.25) is 14.9 Å². The molecule has 0 radical (unpaired) electrons. The number of anilines is 1. The molecule has 0 unspecified atom stereocenters. The summed E-state index contributed by atoms with van der Waals surface area (Å²) in [5, 5.41) is 17.3. The first kappa shape index (κ1) is 15.7. The summed E-state index contributed by atoms with van der Waals surface area (Å²) in [5.74, 6) is 0.500. The van der Waals surface area contributed by atoms with Gasteiger partial charge in [-0.05, 0) is 32.8 Å². The lowest BCUT2D eigenvalue weighted by Gasteiger charge is -2.08. The van der Waals surface area contributed by atoms with E-state index in [1.165, 1.54) is 12.1 Å². The van der Waals surface area contributed by atoms with Crippen molar-refractivity contribution in [1.82, 2.24) is 5.16 Å². The Morgan fingerprint density at radius 2 is 2.09 bits per heavy atom. The van der Waals surface area contributed by atoms with Gasteiger partial charge >= 0.3 is 0 Å². The lowest BCUT2D eigenvalue weighted by molar-refractivity contribution is -0.384. The summed E-state index contributed by atoms with van der Waals surface area (Å²) in [5.41, 5.74) is 2.88. The van der Waals surface area contributed by atoms with Crippen molar-refractivity contribution in [2.24, 2.45) is 0 Å². The Hall–Kier alpha value is -2.70. The van der Waals surface area contributed by atoms with Crippen LogP contribution in [0.2, 0.25) is 0 Å². The van der Waals surface area contributed by atoms with Gasteiger partial charge in [0.2, 0.25) is 5.91 Å². The lowest BCUT2D eigenvalue weighted by atomic mass is 10.1. The van der Waals surface area contributed by atoms with Crippen LogP contribution in [0.3, 0.4) is 0 Å². The predicted octanol–water partition coefficient (Wildman–Crippen LogP) is 3.08. The molecule has 22 heavy (non-hydrogen) atoms. The molecule has 0 spiro atoms. The highest BCUT2D eigenvalue weighted by Gasteiger charge is 2.13. The molecule has 1 N–H and O–H groups in total. The van der Waals surface area contributed by atoms with Crippen LogP contribution < -0.4 is 5.32 Å². The summed E-state index contributed by atoms with van der Waals surface area (Å²) in [6.07, 6.45) is 0.770. The molecule has 1 aromatic heterocycles. The molecule has 1 amide bonds. The smallest absolute Gasteiger partial charge is 0.271 e. The van der Waals surface area contributed by atoms with E-state index in [-0.39, 0.29) is 18.0 Å². The molecule has 0 aliphatic carbocycles. The van der Waals surface area contributed by atoms with Crippen molar-refractivity contribution < 1.29 is 14.2 Å². The highest BCUT2D eigenvalue weighted by molar-refractivity contribution is 5.92. The molecule has 0 atom stereocenters. The molecule has 0 bridgehead atoms. The maximum Gasteiger partial charge on any atom is 0.271 e. The normalized spacial score (nSPS) is 10.5. The van der Waals surface area contributed by atoms with E-state index in [0.717, 1.165) is 16.8 Å². The van der Waals surface area contributed by atoms with Crippen LogP contribution in [-0.2, 0) is 11.2 Å². The van der Waals surface area contributed by atoms with Crippen LogP contribution in [-0.4, -0.2) is 16.0 Å². The molecule has 0 fully saturated rings. The van der Waals surface area contributed by atoms with Gasteiger partial charge in [0.1, 0.15) is 5.76 Å². The van der Waals surface area contributed by atoms with Crippen molar-refractivity contribution in [3.8, 4) is 0 Å². The van der Waals surface area contributed by atoms with Crippen molar-refractivity contribution in [3.05, 3.63) is 50.9 Å². The maximum atomic E-state index is 12.0. The molecular formula is C15H17N3O4. The van der Waals surface area contributed by atoms with E-state index < -0.39 is 4.92 Å². The molecule has 2 rings (SSSR count). The summed E-state index contributed by atoms with van der Waals surface area (Å²) < 4.78 is 5.05. The van der Waals surface area contributed by atoms with E-state index in [1.807, 2.05) is 6.92 Å². The average molecular weight is 303 g/mol. The van der Waals surface area contributed by atoms with Crippen molar-refractivity contribution in [3.63, 3.8) is 0 Å². The number of nitro groups is 1. The largest absolute Gasteiger partial charge is 0.361 e. The molecule has 7 heteroatoms. The number of carbonyl (C=O) groups is 1. The Balaban J connectivity index is 2.03. The number of nitrogens with zero attached hydrogens (tertiary/aromatic N) is 2. The van der Waals surface area contributed by atoms with E-state index in [1.54, 1.807) is 19.9 Å². The minimum Gasteiger partial charge on any atom is -0.361 e. The fourth-order valence-electron chi connectivity index (χ4n) is 2.17. The Morgan fingerprint density at radius 3 is 2.68 bits per heavy atom. The zero-order valence-corrected chi connectivity index (χ0v) is 12.7. The number of nitro benzene ring substituents is 1. The molecular weight excluding hydrogens is 286 g/mol. The van der Waals surface area contributed by atoms with Crippen molar-refractivity contribution in [2.75, 3.05) is 5.32 Å². The number of non-ortho nitro benzene ring substituents is 1. The number of carbonyl (C=O) groups excluding carboxylic acids is 1. The minimum absolute atomic E-state index is 0.0494. The van der Waals surface area contributed by atoms with Crippen LogP contribution in [0.4, 0.5) is 11.4 Å². The number of aromatic nitrogens is 1. The monoisotopic (exact) mass is 303 g/mol. The number of rotatable bonds is 5. The number of amides is 1. The van der Waals surface area contributed by atoms with Gasteiger partial charge in [-0.15, -0.1) is 0 Å². The van der Waals surface area contributed by atoms with Crippen molar-refractivity contribution in [1.29, 1.82) is 0 Å². The van der Waals surface area contributed by atoms with E-state index >= 15 is 0 Å². The average Bonchev–Trinajstić information content (AvgIpc) is 2.78. The third-order valence-electron chi connectivity index (χ3n) is 3.49. The summed E-state index contributed by atoms with van der Waals surface area (Å²) in [6, 6.07) is 4.39. The van der Waals surface area contributed by atoms with Crippen molar-refractivity contribution in [2.45, 2.75) is 33.6 Å². The van der Waals surface area contributed by atoms with Crippen LogP contribution in [0.15, 0.2) is 22.7 Å². The second-order valence-electron chi connectivity index (χ2n) is 5.11. The van der Waals surface area contributed by atoms with Crippen LogP contribution in [0.25, 0.3) is 0 Å². The Kier molecular flexibility index (Phi) is 4.55. The topological polar surface area (TPSA) is 98.3 Å². The van der Waals surface area contributed by atoms with Gasteiger partial charge in [-0.25, -0.2) is 0 Å². The third kappa shape index (κ3) is 3.49. The predicted molar refractivity (Wildman–Crippen MR) is 80.8 cm³/mol. The van der Waals surface area contributed by atoms with Gasteiger partial charge in [0.05, 0.1) is 16.3 Å². The summed E-state index contributed by atoms with van der Waals surface area (Å²) >= 11 is 0. The molecule has 7 nitrogen and oxygen atoms in total. The number of nitrogens with one attached hydrogen (secondary N) is 1. The molecule has 0 saturated heterocycles. The van der Waals surface area contributed by atoms with Crippen molar-refractivity contribution >= 4 is 17.3 Å². The SMILES string of the molecule is Cc1ccc([N+](=O)[O-])cc1NC(=O)CCc1c(C)noc1C. The fourth-order valence-corrected chi connectivity index (χ4v) is 2.17. The van der Waals surface area contributed by atoms with Gasteiger partial charge in [0.15, 0.2) is 0 Å². The second kappa shape index (κ2) is 6.38. The summed E-state index contributed by atoms with van der Waals surface area (Å²) in [7, 11) is 0. The van der Waals surface area contributed by atoms with Gasteiger partial charge in [-0.1, -0.05) is 11.2 Å². The first-order valence-corrected chi connectivity index (χ1v) is 6.85. The van der Waals surface area contributed by atoms with Gasteiger partial charge in [0.25, 0.3) is 5.69 Å². The van der Waals surface area contributed by atoms with E-state index in [0.29, 0.717) is 17.9 Å². The van der Waals surface area contributed by atoms with Crippen LogP contribution >= 0.6 is 0 Å². The standard InChI is InChI=1S/C15H17N3O4/c1-9-4-5-12(18(20)21)8-14(9)16-15(19)7-6-13-10(2)17-22-11(13)3/h4-5,8H,6-7H2,1-3H3,(H,16,19). The van der Waals surface area contributed by atoms with Crippen LogP contribution in [0.5, 0.6) is 0 Å². The zero-order chi connectivity index (χ0) is 16.3. The highest BCUT2D eigenvalue weighted by atomic mass is 16.6. The molecule has 0 saturated carbocycles. The second-order valence-corrected chi connectivity index (χ2v) is 5.11. The Morgan fingerprint density at radius 1 is 1.36 bits per heavy atom. The van der Waals surface area contributed by atoms with Crippen LogP contribution in [0, 0.1) is 30.9 Å². The van der Waals surface area contributed by atoms with Gasteiger partial charge in [0, 0.05) is 24.1 Å². The molecule has 1 heterocycles. The van der Waals surface area contributed by atoms with Gasteiger partial charge < -0.3 is 9.84 Å². The number of hydrogen-bond acceptors (Lipinski definition) is 5. The molecule has 0 aliphatic rings. The quantitative estimate of drug-likeness (QED) is 0.676. The number of aryl methyl sites for hydroxylation is 3. The molecule has 0 aliphatic heterocycles. The van der Waals surface area contributed by atoms with E-state index in [4.69, 9.17) is 4.52 Å². The Labute approximate surface area is 127 Å². The number of hydrogen-bond donors (Lipinski definition) is 1. The fraction of sp³-hybridized carbons (Fsp3) is 0.333. The van der Waals surface area contributed by atoms with Gasteiger partial charge in [-0.2, -0.15) is 0 Å². The molecule has 116 valence electrons. The van der Waals surface area contributed by atoms with E-state index in [9.17, 15) is 14.9 Å². The number of benzene rings is 1. The maximum absolute atomic E-state index is 12.0.